The molecule has 1 aliphatic rings. The van der Waals surface area contributed by atoms with Crippen LogP contribution in [0.15, 0.2) is 72.8 Å². The summed E-state index contributed by atoms with van der Waals surface area (Å²) in [6, 6.07) is 22.8. The number of rotatable bonds is 4. The zero-order valence-corrected chi connectivity index (χ0v) is 16.7. The SMILES string of the molecule is Cc1c(Cl)cccc1N1C[C@@H](C(=O)Oc2ccc(-c3ccccc3)cc2)CC1=O. The molecule has 0 radical (unpaired) electrons. The van der Waals surface area contributed by atoms with Gasteiger partial charge in [-0.1, -0.05) is 60.1 Å². The minimum atomic E-state index is -0.505. The van der Waals surface area contributed by atoms with E-state index >= 15 is 0 Å². The third-order valence-corrected chi connectivity index (χ3v) is 5.58. The van der Waals surface area contributed by atoms with Crippen molar-refractivity contribution in [3.05, 3.63) is 83.4 Å². The molecule has 0 aromatic heterocycles. The average Bonchev–Trinajstić information content (AvgIpc) is 3.13. The number of amides is 1. The van der Waals surface area contributed by atoms with Crippen molar-refractivity contribution in [3.8, 4) is 16.9 Å². The van der Waals surface area contributed by atoms with Gasteiger partial charge in [-0.05, 0) is 47.9 Å². The number of halogens is 1. The van der Waals surface area contributed by atoms with E-state index in [9.17, 15) is 9.59 Å². The Morgan fingerprint density at radius 1 is 0.966 bits per heavy atom. The second-order valence-electron chi connectivity index (χ2n) is 7.10. The third-order valence-electron chi connectivity index (χ3n) is 5.17. The molecule has 4 rings (SSSR count). The molecular weight excluding hydrogens is 386 g/mol. The highest BCUT2D eigenvalue weighted by atomic mass is 35.5. The molecule has 0 aliphatic carbocycles. The van der Waals surface area contributed by atoms with Crippen LogP contribution in [0.5, 0.6) is 5.75 Å². The standard InChI is InChI=1S/C24H20ClNO3/c1-16-21(25)8-5-9-22(16)26-15-19(14-23(26)27)24(28)29-20-12-10-18(11-13-20)17-6-3-2-4-7-17/h2-13,19H,14-15H2,1H3/t19-/m0/s1. The largest absolute Gasteiger partial charge is 0.426 e. The second-order valence-corrected chi connectivity index (χ2v) is 7.51. The van der Waals surface area contributed by atoms with Crippen LogP contribution in [-0.4, -0.2) is 18.4 Å². The van der Waals surface area contributed by atoms with Gasteiger partial charge in [-0.25, -0.2) is 0 Å². The van der Waals surface area contributed by atoms with Crippen molar-refractivity contribution in [1.29, 1.82) is 0 Å². The molecule has 1 fully saturated rings. The zero-order valence-electron chi connectivity index (χ0n) is 16.0. The second kappa shape index (κ2) is 8.10. The topological polar surface area (TPSA) is 46.6 Å². The lowest BCUT2D eigenvalue weighted by Crippen LogP contribution is -2.27. The fraction of sp³-hybridized carbons (Fsp3) is 0.167. The number of anilines is 1. The Labute approximate surface area is 174 Å². The lowest BCUT2D eigenvalue weighted by atomic mass is 10.1. The van der Waals surface area contributed by atoms with Crippen molar-refractivity contribution in [2.24, 2.45) is 5.92 Å². The first kappa shape index (κ1) is 19.2. The molecule has 146 valence electrons. The average molecular weight is 406 g/mol. The van der Waals surface area contributed by atoms with E-state index in [0.717, 1.165) is 22.4 Å². The number of hydrogen-bond acceptors (Lipinski definition) is 3. The Morgan fingerprint density at radius 2 is 1.66 bits per heavy atom. The maximum atomic E-state index is 12.6. The van der Waals surface area contributed by atoms with Gasteiger partial charge in [-0.15, -0.1) is 0 Å². The van der Waals surface area contributed by atoms with E-state index in [1.54, 1.807) is 29.2 Å². The molecule has 1 heterocycles. The van der Waals surface area contributed by atoms with E-state index in [-0.39, 0.29) is 12.3 Å². The summed E-state index contributed by atoms with van der Waals surface area (Å²) in [6.07, 6.45) is 0.132. The lowest BCUT2D eigenvalue weighted by molar-refractivity contribution is -0.139. The molecule has 0 saturated carbocycles. The van der Waals surface area contributed by atoms with Crippen LogP contribution < -0.4 is 9.64 Å². The summed E-state index contributed by atoms with van der Waals surface area (Å²) in [4.78, 5) is 26.7. The Bertz CT molecular complexity index is 1050. The number of benzene rings is 3. The van der Waals surface area contributed by atoms with Gasteiger partial charge in [0.15, 0.2) is 0 Å². The van der Waals surface area contributed by atoms with Crippen LogP contribution in [0.25, 0.3) is 11.1 Å². The molecule has 1 atom stereocenters. The molecular formula is C24H20ClNO3. The number of carbonyl (C=O) groups excluding carboxylic acids is 2. The predicted octanol–water partition coefficient (Wildman–Crippen LogP) is 5.27. The quantitative estimate of drug-likeness (QED) is 0.438. The molecule has 0 bridgehead atoms. The van der Waals surface area contributed by atoms with Crippen molar-refractivity contribution in [2.45, 2.75) is 13.3 Å². The fourth-order valence-corrected chi connectivity index (χ4v) is 3.70. The summed E-state index contributed by atoms with van der Waals surface area (Å²) in [5.41, 5.74) is 3.71. The van der Waals surface area contributed by atoms with Crippen molar-refractivity contribution < 1.29 is 14.3 Å². The van der Waals surface area contributed by atoms with Gasteiger partial charge in [0.05, 0.1) is 5.92 Å². The van der Waals surface area contributed by atoms with Crippen LogP contribution in [0.3, 0.4) is 0 Å². The number of nitrogens with zero attached hydrogens (tertiary/aromatic N) is 1. The highest BCUT2D eigenvalue weighted by molar-refractivity contribution is 6.31. The Morgan fingerprint density at radius 3 is 2.38 bits per heavy atom. The molecule has 3 aromatic rings. The summed E-state index contributed by atoms with van der Waals surface area (Å²) in [7, 11) is 0. The molecule has 29 heavy (non-hydrogen) atoms. The molecule has 3 aromatic carbocycles. The first-order valence-corrected chi connectivity index (χ1v) is 9.83. The van der Waals surface area contributed by atoms with Crippen molar-refractivity contribution in [1.82, 2.24) is 0 Å². The van der Waals surface area contributed by atoms with Crippen LogP contribution in [0.1, 0.15) is 12.0 Å². The Balaban J connectivity index is 1.44. The van der Waals surface area contributed by atoms with Crippen LogP contribution in [-0.2, 0) is 9.59 Å². The van der Waals surface area contributed by atoms with E-state index in [1.807, 2.05) is 55.5 Å². The highest BCUT2D eigenvalue weighted by Gasteiger charge is 2.37. The maximum absolute atomic E-state index is 12.6. The fourth-order valence-electron chi connectivity index (χ4n) is 3.53. The summed E-state index contributed by atoms with van der Waals surface area (Å²) in [6.45, 7) is 2.16. The van der Waals surface area contributed by atoms with E-state index in [2.05, 4.69) is 0 Å². The molecule has 0 unspecified atom stereocenters. The molecule has 1 amide bonds. The van der Waals surface area contributed by atoms with Crippen LogP contribution in [0, 0.1) is 12.8 Å². The molecule has 0 spiro atoms. The molecule has 1 aliphatic heterocycles. The monoisotopic (exact) mass is 405 g/mol. The van der Waals surface area contributed by atoms with Gasteiger partial charge in [0.1, 0.15) is 5.75 Å². The van der Waals surface area contributed by atoms with Gasteiger partial charge >= 0.3 is 5.97 Å². The number of carbonyl (C=O) groups is 2. The number of ether oxygens (including phenoxy) is 1. The smallest absolute Gasteiger partial charge is 0.316 e. The molecule has 1 saturated heterocycles. The zero-order chi connectivity index (χ0) is 20.4. The Hall–Kier alpha value is -3.11. The van der Waals surface area contributed by atoms with Gasteiger partial charge < -0.3 is 9.64 Å². The van der Waals surface area contributed by atoms with E-state index < -0.39 is 11.9 Å². The number of hydrogen-bond donors (Lipinski definition) is 0. The van der Waals surface area contributed by atoms with Crippen molar-refractivity contribution in [3.63, 3.8) is 0 Å². The van der Waals surface area contributed by atoms with Gasteiger partial charge in [-0.3, -0.25) is 9.59 Å². The summed E-state index contributed by atoms with van der Waals surface area (Å²) in [5, 5.41) is 0.597. The van der Waals surface area contributed by atoms with Crippen molar-refractivity contribution in [2.75, 3.05) is 11.4 Å². The maximum Gasteiger partial charge on any atom is 0.316 e. The summed E-state index contributed by atoms with van der Waals surface area (Å²) < 4.78 is 5.53. The summed E-state index contributed by atoms with van der Waals surface area (Å²) in [5.74, 6) is -0.529. The van der Waals surface area contributed by atoms with Gasteiger partial charge in [-0.2, -0.15) is 0 Å². The van der Waals surface area contributed by atoms with E-state index in [0.29, 0.717) is 17.3 Å². The minimum absolute atomic E-state index is 0.100. The van der Waals surface area contributed by atoms with E-state index in [4.69, 9.17) is 16.3 Å². The van der Waals surface area contributed by atoms with Gasteiger partial charge in [0.2, 0.25) is 5.91 Å². The molecule has 0 N–H and O–H groups in total. The first-order valence-electron chi connectivity index (χ1n) is 9.45. The van der Waals surface area contributed by atoms with Gasteiger partial charge in [0, 0.05) is 23.7 Å². The lowest BCUT2D eigenvalue weighted by Gasteiger charge is -2.19. The predicted molar refractivity (Wildman–Crippen MR) is 114 cm³/mol. The minimum Gasteiger partial charge on any atom is -0.426 e. The van der Waals surface area contributed by atoms with Crippen LogP contribution in [0.2, 0.25) is 5.02 Å². The Kier molecular flexibility index (Phi) is 5.36. The highest BCUT2D eigenvalue weighted by Crippen LogP contribution is 2.32. The van der Waals surface area contributed by atoms with Crippen LogP contribution in [0.4, 0.5) is 5.69 Å². The molecule has 5 heteroatoms. The van der Waals surface area contributed by atoms with Crippen LogP contribution >= 0.6 is 11.6 Å². The molecule has 4 nitrogen and oxygen atoms in total. The first-order chi connectivity index (χ1) is 14.0. The van der Waals surface area contributed by atoms with E-state index in [1.165, 1.54) is 0 Å². The summed E-state index contributed by atoms with van der Waals surface area (Å²) >= 11 is 6.17. The van der Waals surface area contributed by atoms with Crippen molar-refractivity contribution >= 4 is 29.2 Å². The number of esters is 1. The normalized spacial score (nSPS) is 16.1. The van der Waals surface area contributed by atoms with Gasteiger partial charge in [0.25, 0.3) is 0 Å². The third kappa shape index (κ3) is 4.03.